The van der Waals surface area contributed by atoms with Crippen LogP contribution < -0.4 is 10.1 Å². The van der Waals surface area contributed by atoms with Crippen LogP contribution in [0.1, 0.15) is 19.7 Å². The molecule has 1 aromatic heterocycles. The van der Waals surface area contributed by atoms with Gasteiger partial charge in [-0.2, -0.15) is 18.2 Å². The summed E-state index contributed by atoms with van der Waals surface area (Å²) in [6.07, 6.45) is -5.02. The summed E-state index contributed by atoms with van der Waals surface area (Å²) in [6.45, 7) is 4.28. The molecule has 1 atom stereocenters. The highest BCUT2D eigenvalue weighted by Crippen LogP contribution is 2.29. The Labute approximate surface area is 109 Å². The molecule has 1 aromatic rings. The van der Waals surface area contributed by atoms with Crippen LogP contribution in [0, 0.1) is 0 Å². The van der Waals surface area contributed by atoms with Gasteiger partial charge in [0.05, 0.1) is 6.61 Å². The van der Waals surface area contributed by atoms with Gasteiger partial charge < -0.3 is 14.8 Å². The first-order valence-corrected chi connectivity index (χ1v) is 5.75. The molecule has 0 aliphatic rings. The molecular weight excluding hydrogens is 263 g/mol. The number of rotatable bonds is 6. The van der Waals surface area contributed by atoms with Crippen molar-refractivity contribution in [3.63, 3.8) is 0 Å². The molecule has 108 valence electrons. The summed E-state index contributed by atoms with van der Waals surface area (Å²) < 4.78 is 48.2. The van der Waals surface area contributed by atoms with Crippen molar-refractivity contribution in [1.29, 1.82) is 0 Å². The third kappa shape index (κ3) is 4.90. The molecule has 19 heavy (non-hydrogen) atoms. The van der Waals surface area contributed by atoms with E-state index in [0.717, 1.165) is 0 Å². The first kappa shape index (κ1) is 15.5. The molecule has 0 saturated heterocycles. The molecule has 0 saturated carbocycles. The molecule has 1 N–H and O–H groups in total. The van der Waals surface area contributed by atoms with Crippen LogP contribution in [0.4, 0.5) is 19.0 Å². The molecule has 0 aromatic carbocycles. The highest BCUT2D eigenvalue weighted by atomic mass is 19.4. The lowest BCUT2D eigenvalue weighted by molar-refractivity contribution is -0.145. The minimum atomic E-state index is -4.62. The topological polar surface area (TPSA) is 56.3 Å². The van der Waals surface area contributed by atoms with Gasteiger partial charge in [0.25, 0.3) is 0 Å². The second kappa shape index (κ2) is 6.55. The number of alkyl halides is 3. The summed E-state index contributed by atoms with van der Waals surface area (Å²) in [5.74, 6) is -1.34. The van der Waals surface area contributed by atoms with Crippen molar-refractivity contribution in [2.45, 2.75) is 26.1 Å². The van der Waals surface area contributed by atoms with Gasteiger partial charge in [0, 0.05) is 19.7 Å². The molecule has 0 bridgehead atoms. The van der Waals surface area contributed by atoms with E-state index in [2.05, 4.69) is 15.3 Å². The number of ether oxygens (including phenoxy) is 2. The number of anilines is 1. The zero-order chi connectivity index (χ0) is 14.5. The standard InChI is InChI=1S/C11H16F3N3O2/c1-4-18-6-7(2)19-9-5-8(15-3)16-10(17-9)11(12,13)14/h5,7H,4,6H2,1-3H3,(H,15,16,17). The van der Waals surface area contributed by atoms with Crippen LogP contribution in [0.25, 0.3) is 0 Å². The SMILES string of the molecule is CCOCC(C)Oc1cc(NC)nc(C(F)(F)F)n1. The average molecular weight is 279 g/mol. The van der Waals surface area contributed by atoms with Crippen molar-refractivity contribution in [1.82, 2.24) is 9.97 Å². The Morgan fingerprint density at radius 1 is 1.37 bits per heavy atom. The predicted octanol–water partition coefficient (Wildman–Crippen LogP) is 2.34. The maximum absolute atomic E-state index is 12.6. The van der Waals surface area contributed by atoms with Gasteiger partial charge in [-0.3, -0.25) is 0 Å². The van der Waals surface area contributed by atoms with Crippen molar-refractivity contribution < 1.29 is 22.6 Å². The molecule has 0 spiro atoms. The van der Waals surface area contributed by atoms with E-state index in [0.29, 0.717) is 6.61 Å². The molecule has 8 heteroatoms. The van der Waals surface area contributed by atoms with Crippen molar-refractivity contribution in [2.24, 2.45) is 0 Å². The fraction of sp³-hybridized carbons (Fsp3) is 0.636. The maximum atomic E-state index is 12.6. The summed E-state index contributed by atoms with van der Waals surface area (Å²) in [7, 11) is 1.47. The van der Waals surface area contributed by atoms with E-state index in [4.69, 9.17) is 9.47 Å². The Morgan fingerprint density at radius 2 is 2.05 bits per heavy atom. The van der Waals surface area contributed by atoms with E-state index >= 15 is 0 Å². The first-order chi connectivity index (χ1) is 8.86. The quantitative estimate of drug-likeness (QED) is 0.866. The minimum Gasteiger partial charge on any atom is -0.472 e. The van der Waals surface area contributed by atoms with Crippen LogP contribution in [0.2, 0.25) is 0 Å². The fourth-order valence-electron chi connectivity index (χ4n) is 1.26. The Bertz CT molecular complexity index is 413. The van der Waals surface area contributed by atoms with Gasteiger partial charge in [-0.15, -0.1) is 0 Å². The largest absolute Gasteiger partial charge is 0.472 e. The zero-order valence-electron chi connectivity index (χ0n) is 10.9. The van der Waals surface area contributed by atoms with E-state index < -0.39 is 18.1 Å². The number of hydrogen-bond donors (Lipinski definition) is 1. The molecule has 1 heterocycles. The molecule has 5 nitrogen and oxygen atoms in total. The third-order valence-corrected chi connectivity index (χ3v) is 2.09. The van der Waals surface area contributed by atoms with E-state index in [9.17, 15) is 13.2 Å². The predicted molar refractivity (Wildman–Crippen MR) is 63.2 cm³/mol. The molecular formula is C11H16F3N3O2. The van der Waals surface area contributed by atoms with Crippen LogP contribution >= 0.6 is 0 Å². The normalized spacial score (nSPS) is 13.2. The van der Waals surface area contributed by atoms with E-state index in [1.807, 2.05) is 6.92 Å². The van der Waals surface area contributed by atoms with E-state index in [1.54, 1.807) is 6.92 Å². The van der Waals surface area contributed by atoms with Gasteiger partial charge in [0.15, 0.2) is 0 Å². The van der Waals surface area contributed by atoms with Gasteiger partial charge in [-0.1, -0.05) is 0 Å². The highest BCUT2D eigenvalue weighted by Gasteiger charge is 2.35. The highest BCUT2D eigenvalue weighted by molar-refractivity contribution is 5.38. The molecule has 0 aliphatic heterocycles. The Balaban J connectivity index is 2.88. The third-order valence-electron chi connectivity index (χ3n) is 2.09. The van der Waals surface area contributed by atoms with Crippen molar-refractivity contribution >= 4 is 5.82 Å². The zero-order valence-corrected chi connectivity index (χ0v) is 10.9. The van der Waals surface area contributed by atoms with Crippen LogP contribution in [-0.4, -0.2) is 36.3 Å². The van der Waals surface area contributed by atoms with Crippen LogP contribution in [0.5, 0.6) is 5.88 Å². The van der Waals surface area contributed by atoms with E-state index in [1.165, 1.54) is 13.1 Å². The van der Waals surface area contributed by atoms with E-state index in [-0.39, 0.29) is 18.3 Å². The summed E-state index contributed by atoms with van der Waals surface area (Å²) in [6, 6.07) is 1.30. The smallest absolute Gasteiger partial charge is 0.451 e. The van der Waals surface area contributed by atoms with Crippen LogP contribution in [-0.2, 0) is 10.9 Å². The number of aromatic nitrogens is 2. The molecule has 0 radical (unpaired) electrons. The first-order valence-electron chi connectivity index (χ1n) is 5.75. The minimum absolute atomic E-state index is 0.0425. The van der Waals surface area contributed by atoms with Crippen LogP contribution in [0.15, 0.2) is 6.07 Å². The summed E-state index contributed by atoms with van der Waals surface area (Å²) in [5, 5.41) is 2.53. The number of nitrogens with one attached hydrogen (secondary N) is 1. The second-order valence-electron chi connectivity index (χ2n) is 3.75. The molecule has 1 unspecified atom stereocenters. The van der Waals surface area contributed by atoms with Crippen molar-refractivity contribution in [3.05, 3.63) is 11.9 Å². The molecule has 0 aliphatic carbocycles. The number of halogens is 3. The lowest BCUT2D eigenvalue weighted by Crippen LogP contribution is -2.21. The van der Waals surface area contributed by atoms with Gasteiger partial charge >= 0.3 is 6.18 Å². The lowest BCUT2D eigenvalue weighted by atomic mass is 10.4. The van der Waals surface area contributed by atoms with Gasteiger partial charge in [-0.05, 0) is 13.8 Å². The summed E-state index contributed by atoms with van der Waals surface area (Å²) in [4.78, 5) is 6.68. The van der Waals surface area contributed by atoms with Gasteiger partial charge in [0.1, 0.15) is 11.9 Å². The Kier molecular flexibility index (Phi) is 5.34. The Morgan fingerprint density at radius 3 is 2.58 bits per heavy atom. The fourth-order valence-corrected chi connectivity index (χ4v) is 1.26. The summed E-state index contributed by atoms with van der Waals surface area (Å²) >= 11 is 0. The van der Waals surface area contributed by atoms with Crippen molar-refractivity contribution in [2.75, 3.05) is 25.6 Å². The number of nitrogens with zero attached hydrogens (tertiary/aromatic N) is 2. The number of hydrogen-bond acceptors (Lipinski definition) is 5. The Hall–Kier alpha value is -1.57. The van der Waals surface area contributed by atoms with Crippen LogP contribution in [0.3, 0.4) is 0 Å². The average Bonchev–Trinajstić information content (AvgIpc) is 2.34. The van der Waals surface area contributed by atoms with Gasteiger partial charge in [0.2, 0.25) is 11.7 Å². The molecule has 0 fully saturated rings. The van der Waals surface area contributed by atoms with Crippen molar-refractivity contribution in [3.8, 4) is 5.88 Å². The molecule has 0 amide bonds. The monoisotopic (exact) mass is 279 g/mol. The second-order valence-corrected chi connectivity index (χ2v) is 3.75. The molecule has 1 rings (SSSR count). The maximum Gasteiger partial charge on any atom is 0.451 e. The lowest BCUT2D eigenvalue weighted by Gasteiger charge is -2.15. The van der Waals surface area contributed by atoms with Gasteiger partial charge in [-0.25, -0.2) is 4.98 Å². The summed E-state index contributed by atoms with van der Waals surface area (Å²) in [5.41, 5.74) is 0.